The van der Waals surface area contributed by atoms with Crippen LogP contribution in [-0.4, -0.2) is 59.5 Å². The van der Waals surface area contributed by atoms with E-state index in [2.05, 4.69) is 0 Å². The van der Waals surface area contributed by atoms with Crippen molar-refractivity contribution < 1.29 is 17.6 Å². The zero-order valence-corrected chi connectivity index (χ0v) is 19.7. The summed E-state index contributed by atoms with van der Waals surface area (Å²) in [5, 5.41) is 4.75. The lowest BCUT2D eigenvalue weighted by Gasteiger charge is -2.33. The predicted octanol–water partition coefficient (Wildman–Crippen LogP) is 3.43. The number of hydrogen-bond donors (Lipinski definition) is 0. The maximum Gasteiger partial charge on any atom is 0.274 e. The minimum absolute atomic E-state index is 0.115. The van der Waals surface area contributed by atoms with Gasteiger partial charge >= 0.3 is 0 Å². The second-order valence-electron chi connectivity index (χ2n) is 8.71. The third-order valence-electron chi connectivity index (χ3n) is 6.61. The number of fused-ring (bicyclic) bond motifs is 1. The molecular formula is C25H27FN4O3S. The maximum absolute atomic E-state index is 14.1. The molecule has 34 heavy (non-hydrogen) atoms. The van der Waals surface area contributed by atoms with Crippen molar-refractivity contribution in [3.8, 4) is 5.69 Å². The van der Waals surface area contributed by atoms with Gasteiger partial charge in [0, 0.05) is 37.4 Å². The van der Waals surface area contributed by atoms with Gasteiger partial charge in [0.2, 0.25) is 10.0 Å². The number of amides is 1. The van der Waals surface area contributed by atoms with Crippen molar-refractivity contribution in [2.45, 2.75) is 37.0 Å². The Morgan fingerprint density at radius 3 is 2.26 bits per heavy atom. The second kappa shape index (κ2) is 9.31. The van der Waals surface area contributed by atoms with E-state index in [1.165, 1.54) is 22.5 Å². The molecule has 1 fully saturated rings. The Labute approximate surface area is 198 Å². The highest BCUT2D eigenvalue weighted by Gasteiger charge is 2.34. The Hall–Kier alpha value is -3.04. The molecule has 0 saturated carbocycles. The van der Waals surface area contributed by atoms with E-state index in [0.717, 1.165) is 55.1 Å². The smallest absolute Gasteiger partial charge is 0.274 e. The Morgan fingerprint density at radius 1 is 0.853 bits per heavy atom. The van der Waals surface area contributed by atoms with E-state index in [1.807, 2.05) is 35.0 Å². The fraction of sp³-hybridized carbons (Fsp3) is 0.360. The first-order valence-electron chi connectivity index (χ1n) is 11.7. The Bertz CT molecular complexity index is 1300. The quantitative estimate of drug-likeness (QED) is 0.534. The highest BCUT2D eigenvalue weighted by atomic mass is 32.2. The van der Waals surface area contributed by atoms with Crippen LogP contribution in [0.2, 0.25) is 0 Å². The standard InChI is InChI=1S/C25H27FN4O3S/c26-21-12-7-8-14-23(21)34(32,33)29-17-15-28(16-18-29)25(31)24-20-11-5-2-6-13-22(20)30(27-24)19-9-3-1-4-10-19/h1,3-4,7-10,12,14H,2,5-6,11,13,15-18H2. The third kappa shape index (κ3) is 4.14. The van der Waals surface area contributed by atoms with E-state index >= 15 is 0 Å². The number of sulfonamides is 1. The number of carbonyl (C=O) groups is 1. The normalized spacial score (nSPS) is 17.3. The van der Waals surface area contributed by atoms with Gasteiger partial charge in [0.1, 0.15) is 10.7 Å². The van der Waals surface area contributed by atoms with Crippen molar-refractivity contribution in [3.05, 3.63) is 77.4 Å². The lowest BCUT2D eigenvalue weighted by molar-refractivity contribution is 0.0690. The van der Waals surface area contributed by atoms with E-state index in [0.29, 0.717) is 5.69 Å². The Kier molecular flexibility index (Phi) is 6.22. The minimum atomic E-state index is -3.96. The van der Waals surface area contributed by atoms with Gasteiger partial charge in [-0.05, 0) is 49.9 Å². The molecule has 0 atom stereocenters. The molecule has 0 N–H and O–H groups in total. The first-order valence-corrected chi connectivity index (χ1v) is 13.1. The molecule has 1 saturated heterocycles. The topological polar surface area (TPSA) is 75.5 Å². The van der Waals surface area contributed by atoms with Crippen LogP contribution >= 0.6 is 0 Å². The van der Waals surface area contributed by atoms with Crippen molar-refractivity contribution in [1.82, 2.24) is 19.0 Å². The van der Waals surface area contributed by atoms with Gasteiger partial charge in [-0.3, -0.25) is 4.79 Å². The molecule has 0 spiro atoms. The number of para-hydroxylation sites is 1. The lowest BCUT2D eigenvalue weighted by Crippen LogP contribution is -2.50. The molecular weight excluding hydrogens is 455 g/mol. The summed E-state index contributed by atoms with van der Waals surface area (Å²) in [5.41, 5.74) is 3.49. The molecule has 7 nitrogen and oxygen atoms in total. The number of piperazine rings is 1. The van der Waals surface area contributed by atoms with Gasteiger partial charge in [0.25, 0.3) is 5.91 Å². The molecule has 2 aromatic carbocycles. The predicted molar refractivity (Wildman–Crippen MR) is 126 cm³/mol. The van der Waals surface area contributed by atoms with Crippen molar-refractivity contribution in [2.24, 2.45) is 0 Å². The van der Waals surface area contributed by atoms with Gasteiger partial charge in [-0.1, -0.05) is 36.8 Å². The highest BCUT2D eigenvalue weighted by molar-refractivity contribution is 7.89. The van der Waals surface area contributed by atoms with Gasteiger partial charge in [-0.2, -0.15) is 9.40 Å². The van der Waals surface area contributed by atoms with Crippen LogP contribution in [0.5, 0.6) is 0 Å². The molecule has 2 heterocycles. The Morgan fingerprint density at radius 2 is 1.53 bits per heavy atom. The third-order valence-corrected chi connectivity index (χ3v) is 8.55. The summed E-state index contributed by atoms with van der Waals surface area (Å²) in [6, 6.07) is 15.2. The molecule has 3 aromatic rings. The average molecular weight is 483 g/mol. The minimum Gasteiger partial charge on any atom is -0.335 e. The van der Waals surface area contributed by atoms with Crippen LogP contribution in [0.4, 0.5) is 4.39 Å². The van der Waals surface area contributed by atoms with E-state index in [9.17, 15) is 17.6 Å². The largest absolute Gasteiger partial charge is 0.335 e. The number of rotatable bonds is 4. The first-order chi connectivity index (χ1) is 16.5. The molecule has 9 heteroatoms. The first kappa shape index (κ1) is 22.7. The van der Waals surface area contributed by atoms with Gasteiger partial charge in [-0.25, -0.2) is 17.5 Å². The fourth-order valence-electron chi connectivity index (χ4n) is 4.80. The molecule has 2 aliphatic rings. The van der Waals surface area contributed by atoms with Gasteiger partial charge in [-0.15, -0.1) is 0 Å². The number of halogens is 1. The summed E-state index contributed by atoms with van der Waals surface area (Å²) in [4.78, 5) is 14.9. The summed E-state index contributed by atoms with van der Waals surface area (Å²) in [6.45, 7) is 0.701. The van der Waals surface area contributed by atoms with Crippen LogP contribution in [-0.2, 0) is 22.9 Å². The highest BCUT2D eigenvalue weighted by Crippen LogP contribution is 2.28. The molecule has 178 valence electrons. The van der Waals surface area contributed by atoms with Crippen molar-refractivity contribution in [3.63, 3.8) is 0 Å². The average Bonchev–Trinajstić information content (AvgIpc) is 3.05. The van der Waals surface area contributed by atoms with E-state index in [1.54, 1.807) is 4.90 Å². The zero-order valence-electron chi connectivity index (χ0n) is 18.9. The number of benzene rings is 2. The molecule has 5 rings (SSSR count). The zero-order chi connectivity index (χ0) is 23.7. The number of hydrogen-bond acceptors (Lipinski definition) is 4. The van der Waals surface area contributed by atoms with Crippen molar-refractivity contribution in [1.29, 1.82) is 0 Å². The summed E-state index contributed by atoms with van der Waals surface area (Å²) >= 11 is 0. The van der Waals surface area contributed by atoms with Crippen LogP contribution in [0.15, 0.2) is 59.5 Å². The van der Waals surface area contributed by atoms with E-state index in [4.69, 9.17) is 5.10 Å². The molecule has 1 aliphatic heterocycles. The number of nitrogens with zero attached hydrogens (tertiary/aromatic N) is 4. The van der Waals surface area contributed by atoms with Crippen molar-refractivity contribution in [2.75, 3.05) is 26.2 Å². The molecule has 0 bridgehead atoms. The molecule has 1 amide bonds. The maximum atomic E-state index is 14.1. The van der Waals surface area contributed by atoms with Crippen molar-refractivity contribution >= 4 is 15.9 Å². The molecule has 1 aromatic heterocycles. The summed E-state index contributed by atoms with van der Waals surface area (Å²) in [7, 11) is -3.96. The van der Waals surface area contributed by atoms with Gasteiger partial charge < -0.3 is 4.90 Å². The lowest BCUT2D eigenvalue weighted by atomic mass is 10.1. The summed E-state index contributed by atoms with van der Waals surface area (Å²) < 4.78 is 43.1. The van der Waals surface area contributed by atoms with Gasteiger partial charge in [0.05, 0.1) is 5.69 Å². The Balaban J connectivity index is 1.38. The van der Waals surface area contributed by atoms with Gasteiger partial charge in [0.15, 0.2) is 5.69 Å². The SMILES string of the molecule is O=C(c1nn(-c2ccccc2)c2c1CCCCC2)N1CCN(S(=O)(=O)c2ccccc2F)CC1. The number of aromatic nitrogens is 2. The van der Waals surface area contributed by atoms with Crippen LogP contribution in [0, 0.1) is 5.82 Å². The van der Waals surface area contributed by atoms with E-state index < -0.39 is 15.8 Å². The molecule has 0 radical (unpaired) electrons. The van der Waals surface area contributed by atoms with Crippen LogP contribution < -0.4 is 0 Å². The summed E-state index contributed by atoms with van der Waals surface area (Å²) in [6.07, 6.45) is 4.88. The van der Waals surface area contributed by atoms with Crippen LogP contribution in [0.1, 0.15) is 41.0 Å². The second-order valence-corrected chi connectivity index (χ2v) is 10.6. The fourth-order valence-corrected chi connectivity index (χ4v) is 6.29. The van der Waals surface area contributed by atoms with Crippen LogP contribution in [0.25, 0.3) is 5.69 Å². The number of carbonyl (C=O) groups excluding carboxylic acids is 1. The summed E-state index contributed by atoms with van der Waals surface area (Å²) in [5.74, 6) is -0.939. The van der Waals surface area contributed by atoms with Crippen LogP contribution in [0.3, 0.4) is 0 Å². The molecule has 1 aliphatic carbocycles. The monoisotopic (exact) mass is 482 g/mol. The van der Waals surface area contributed by atoms with E-state index in [-0.39, 0.29) is 37.0 Å². The molecule has 0 unspecified atom stereocenters.